The molecule has 0 bridgehead atoms. The normalized spacial score (nSPS) is 52.9. The molecule has 8 heavy (non-hydrogen) atoms. The average Bonchev–Trinajstić information content (AvgIpc) is 2.39. The van der Waals surface area contributed by atoms with Crippen LogP contribution in [0.3, 0.4) is 0 Å². The highest BCUT2D eigenvalue weighted by Gasteiger charge is 2.52. The smallest absolute Gasteiger partial charge is 0.0920 e. The first kappa shape index (κ1) is 4.80. The molecule has 0 spiro atoms. The Morgan fingerprint density at radius 3 is 2.88 bits per heavy atom. The first-order valence-electron chi connectivity index (χ1n) is 3.49. The fourth-order valence-electron chi connectivity index (χ4n) is 1.68. The Labute approximate surface area is 50.0 Å². The van der Waals surface area contributed by atoms with Gasteiger partial charge in [0.25, 0.3) is 0 Å². The number of ether oxygens (including phenoxy) is 1. The monoisotopic (exact) mass is 112 g/mol. The average molecular weight is 112 g/mol. The van der Waals surface area contributed by atoms with Crippen molar-refractivity contribution in [1.29, 1.82) is 0 Å². The second-order valence-electron chi connectivity index (χ2n) is 3.16. The molecule has 0 N–H and O–H groups in total. The third kappa shape index (κ3) is 0.510. The molecule has 1 saturated heterocycles. The Morgan fingerprint density at radius 2 is 2.38 bits per heavy atom. The molecule has 1 heteroatoms. The van der Waals surface area contributed by atoms with Crippen LogP contribution in [0, 0.1) is 0 Å². The second kappa shape index (κ2) is 1.27. The fourth-order valence-corrected chi connectivity index (χ4v) is 1.68. The van der Waals surface area contributed by atoms with E-state index in [2.05, 4.69) is 6.92 Å². The van der Waals surface area contributed by atoms with Crippen molar-refractivity contribution in [2.24, 2.45) is 0 Å². The van der Waals surface area contributed by atoms with E-state index in [1.807, 2.05) is 0 Å². The van der Waals surface area contributed by atoms with Gasteiger partial charge < -0.3 is 4.74 Å². The van der Waals surface area contributed by atoms with E-state index in [0.29, 0.717) is 11.7 Å². The zero-order chi connectivity index (χ0) is 5.61. The minimum atomic E-state index is 0.345. The summed E-state index contributed by atoms with van der Waals surface area (Å²) in [5, 5.41) is 0. The first-order valence-corrected chi connectivity index (χ1v) is 3.49. The molecular formula is C7H12O. The molecule has 2 aliphatic rings. The summed E-state index contributed by atoms with van der Waals surface area (Å²) in [5.74, 6) is 0. The maximum Gasteiger partial charge on any atom is 0.0920 e. The number of fused-ring (bicyclic) bond motifs is 1. The summed E-state index contributed by atoms with van der Waals surface area (Å²) in [6, 6.07) is 0. The molecule has 0 aromatic rings. The summed E-state index contributed by atoms with van der Waals surface area (Å²) >= 11 is 0. The highest BCUT2D eigenvalue weighted by molar-refractivity contribution is 5.01. The number of rotatable bonds is 0. The third-order valence-corrected chi connectivity index (χ3v) is 2.42. The summed E-state index contributed by atoms with van der Waals surface area (Å²) in [6.07, 6.45) is 6.04. The maximum absolute atomic E-state index is 5.47. The molecule has 0 unspecified atom stereocenters. The van der Waals surface area contributed by atoms with Gasteiger partial charge in [-0.3, -0.25) is 0 Å². The predicted octanol–water partition coefficient (Wildman–Crippen LogP) is 1.72. The largest absolute Gasteiger partial charge is 0.366 e. The predicted molar refractivity (Wildman–Crippen MR) is 31.7 cm³/mol. The minimum Gasteiger partial charge on any atom is -0.366 e. The van der Waals surface area contributed by atoms with Crippen LogP contribution in [0.5, 0.6) is 0 Å². The van der Waals surface area contributed by atoms with Gasteiger partial charge in [-0.1, -0.05) is 12.8 Å². The van der Waals surface area contributed by atoms with Crippen LogP contribution in [0.15, 0.2) is 0 Å². The van der Waals surface area contributed by atoms with Crippen LogP contribution in [-0.2, 0) is 4.74 Å². The van der Waals surface area contributed by atoms with Gasteiger partial charge >= 0.3 is 0 Å². The molecule has 1 aliphatic carbocycles. The Balaban J connectivity index is 2.04. The van der Waals surface area contributed by atoms with Crippen LogP contribution in [-0.4, -0.2) is 11.7 Å². The topological polar surface area (TPSA) is 12.5 Å². The van der Waals surface area contributed by atoms with Crippen molar-refractivity contribution < 1.29 is 4.74 Å². The molecule has 1 heterocycles. The van der Waals surface area contributed by atoms with Crippen LogP contribution in [0.1, 0.15) is 32.6 Å². The van der Waals surface area contributed by atoms with E-state index in [1.165, 1.54) is 25.7 Å². The molecule has 2 atom stereocenters. The number of hydrogen-bond donors (Lipinski definition) is 0. The molecule has 2 fully saturated rings. The van der Waals surface area contributed by atoms with E-state index in [4.69, 9.17) is 4.74 Å². The van der Waals surface area contributed by atoms with E-state index in [0.717, 1.165) is 0 Å². The van der Waals surface area contributed by atoms with E-state index < -0.39 is 0 Å². The second-order valence-corrected chi connectivity index (χ2v) is 3.16. The maximum atomic E-state index is 5.47. The van der Waals surface area contributed by atoms with Crippen molar-refractivity contribution in [2.45, 2.75) is 44.3 Å². The van der Waals surface area contributed by atoms with Gasteiger partial charge in [0, 0.05) is 0 Å². The van der Waals surface area contributed by atoms with Gasteiger partial charge in [0.05, 0.1) is 11.7 Å². The summed E-state index contributed by atoms with van der Waals surface area (Å²) in [7, 11) is 0. The SMILES string of the molecule is C[C@@]12CCCC[C@@H]1O2. The standard InChI is InChI=1S/C7H12O/c1-7-5-3-2-4-6(7)8-7/h6H,2-5H2,1H3/t6-,7+/m0/s1. The van der Waals surface area contributed by atoms with Gasteiger partial charge in [0.1, 0.15) is 0 Å². The lowest BCUT2D eigenvalue weighted by Crippen LogP contribution is -2.13. The van der Waals surface area contributed by atoms with Gasteiger partial charge in [0.2, 0.25) is 0 Å². The van der Waals surface area contributed by atoms with Crippen LogP contribution in [0.25, 0.3) is 0 Å². The van der Waals surface area contributed by atoms with Gasteiger partial charge in [-0.2, -0.15) is 0 Å². The molecular weight excluding hydrogens is 100 g/mol. The van der Waals surface area contributed by atoms with Crippen molar-refractivity contribution in [3.05, 3.63) is 0 Å². The molecule has 0 aromatic heterocycles. The quantitative estimate of drug-likeness (QED) is 0.435. The van der Waals surface area contributed by atoms with Gasteiger partial charge in [-0.25, -0.2) is 0 Å². The molecule has 2 rings (SSSR count). The summed E-state index contributed by atoms with van der Waals surface area (Å²) in [5.41, 5.74) is 0.345. The van der Waals surface area contributed by atoms with E-state index in [9.17, 15) is 0 Å². The van der Waals surface area contributed by atoms with Crippen LogP contribution >= 0.6 is 0 Å². The highest BCUT2D eigenvalue weighted by Crippen LogP contribution is 2.46. The molecule has 1 aliphatic heterocycles. The summed E-state index contributed by atoms with van der Waals surface area (Å²) in [4.78, 5) is 0. The van der Waals surface area contributed by atoms with E-state index in [1.54, 1.807) is 0 Å². The summed E-state index contributed by atoms with van der Waals surface area (Å²) < 4.78 is 5.47. The zero-order valence-corrected chi connectivity index (χ0v) is 5.31. The molecule has 0 amide bonds. The zero-order valence-electron chi connectivity index (χ0n) is 5.31. The van der Waals surface area contributed by atoms with Gasteiger partial charge in [-0.05, 0) is 19.8 Å². The van der Waals surface area contributed by atoms with Crippen LogP contribution < -0.4 is 0 Å². The van der Waals surface area contributed by atoms with E-state index >= 15 is 0 Å². The number of hydrogen-bond acceptors (Lipinski definition) is 1. The Bertz CT molecular complexity index is 109. The molecule has 46 valence electrons. The fraction of sp³-hybridized carbons (Fsp3) is 1.00. The molecule has 1 nitrogen and oxygen atoms in total. The lowest BCUT2D eigenvalue weighted by molar-refractivity contribution is 0.304. The molecule has 0 aromatic carbocycles. The van der Waals surface area contributed by atoms with E-state index in [-0.39, 0.29) is 0 Å². The van der Waals surface area contributed by atoms with Gasteiger partial charge in [-0.15, -0.1) is 0 Å². The Hall–Kier alpha value is -0.0400. The van der Waals surface area contributed by atoms with Crippen LogP contribution in [0.4, 0.5) is 0 Å². The van der Waals surface area contributed by atoms with Crippen molar-refractivity contribution in [3.8, 4) is 0 Å². The van der Waals surface area contributed by atoms with Crippen molar-refractivity contribution in [2.75, 3.05) is 0 Å². The summed E-state index contributed by atoms with van der Waals surface area (Å²) in [6.45, 7) is 2.23. The third-order valence-electron chi connectivity index (χ3n) is 2.42. The number of epoxide rings is 1. The van der Waals surface area contributed by atoms with Crippen LogP contribution in [0.2, 0.25) is 0 Å². The van der Waals surface area contributed by atoms with Crippen molar-refractivity contribution >= 4 is 0 Å². The van der Waals surface area contributed by atoms with Gasteiger partial charge in [0.15, 0.2) is 0 Å². The lowest BCUT2D eigenvalue weighted by atomic mass is 9.91. The van der Waals surface area contributed by atoms with Crippen molar-refractivity contribution in [3.63, 3.8) is 0 Å². The minimum absolute atomic E-state index is 0.345. The molecule has 1 saturated carbocycles. The molecule has 0 radical (unpaired) electrons. The Kier molecular flexibility index (Phi) is 0.762. The Morgan fingerprint density at radius 1 is 1.50 bits per heavy atom. The lowest BCUT2D eigenvalue weighted by Gasteiger charge is -2.09. The van der Waals surface area contributed by atoms with Crippen molar-refractivity contribution in [1.82, 2.24) is 0 Å². The highest BCUT2D eigenvalue weighted by atomic mass is 16.6. The first-order chi connectivity index (χ1) is 3.81.